The number of hydrogen-bond donors (Lipinski definition) is 6. The van der Waals surface area contributed by atoms with Gasteiger partial charge in [-0.2, -0.15) is 33.7 Å². The molecule has 0 bridgehead atoms. The molecule has 79 heavy (non-hydrogen) atoms. The van der Waals surface area contributed by atoms with Crippen molar-refractivity contribution in [1.82, 2.24) is 0 Å². The number of sulfone groups is 1. The van der Waals surface area contributed by atoms with Gasteiger partial charge in [0.25, 0.3) is 30.4 Å². The summed E-state index contributed by atoms with van der Waals surface area (Å²) in [6, 6.07) is 13.9. The summed E-state index contributed by atoms with van der Waals surface area (Å²) in [5.74, 6) is -10.1. The van der Waals surface area contributed by atoms with Crippen molar-refractivity contribution in [2.45, 2.75) is 43.2 Å². The number of benzene rings is 6. The van der Waals surface area contributed by atoms with Gasteiger partial charge in [-0.25, -0.2) is 37.2 Å². The van der Waals surface area contributed by atoms with Gasteiger partial charge in [-0.15, -0.1) is 0 Å². The average Bonchev–Trinajstić information content (AvgIpc) is 3.56. The van der Waals surface area contributed by atoms with Gasteiger partial charge in [-0.3, -0.25) is 16.7 Å². The molecule has 0 unspecified atom stereocenters. The molecule has 0 radical (unpaired) electrons. The van der Waals surface area contributed by atoms with Gasteiger partial charge in [0, 0.05) is 5.39 Å². The molecule has 0 spiro atoms. The fourth-order valence-corrected chi connectivity index (χ4v) is 12.0. The lowest BCUT2D eigenvalue weighted by Gasteiger charge is -2.24. The number of ether oxygens (including phenoxy) is 2. The number of rotatable bonds is 16. The summed E-state index contributed by atoms with van der Waals surface area (Å²) in [5.41, 5.74) is -1.48. The maximum Gasteiger partial charge on any atom is 0.335 e. The second kappa shape index (κ2) is 22.9. The molecule has 1 heterocycles. The Morgan fingerprint density at radius 1 is 0.392 bits per heavy atom. The monoisotopic (exact) mass is 1200 g/mol. The van der Waals surface area contributed by atoms with Gasteiger partial charge in [0.2, 0.25) is 9.84 Å². The van der Waals surface area contributed by atoms with E-state index in [1.54, 1.807) is 6.92 Å². The zero-order chi connectivity index (χ0) is 59.7. The Bertz CT molecular complexity index is 4090. The summed E-state index contributed by atoms with van der Waals surface area (Å²) >= 11 is 0. The van der Waals surface area contributed by atoms with Crippen molar-refractivity contribution < 1.29 is 128 Å². The highest BCUT2D eigenvalue weighted by Crippen LogP contribution is 2.48. The summed E-state index contributed by atoms with van der Waals surface area (Å²) < 4.78 is 152. The van der Waals surface area contributed by atoms with Crippen LogP contribution >= 0.6 is 0 Å². The van der Waals surface area contributed by atoms with Gasteiger partial charge in [-0.1, -0.05) is 0 Å². The lowest BCUT2D eigenvalue weighted by atomic mass is 9.99. The molecule has 1 aliphatic heterocycles. The molecule has 1 aliphatic rings. The highest BCUT2D eigenvalue weighted by Gasteiger charge is 2.39. The highest BCUT2D eigenvalue weighted by atomic mass is 32.2. The van der Waals surface area contributed by atoms with Gasteiger partial charge < -0.3 is 40.1 Å². The first-order chi connectivity index (χ1) is 36.5. The minimum absolute atomic E-state index is 0.0966. The minimum Gasteiger partial charge on any atom is -0.478 e. The van der Waals surface area contributed by atoms with Crippen LogP contribution in [0.4, 0.5) is 0 Å². The van der Waals surface area contributed by atoms with Gasteiger partial charge in [0.05, 0.1) is 61.8 Å². The zero-order valence-electron chi connectivity index (χ0n) is 40.8. The standard InChI is InChI=1S/C16H14O11S2.C16H12O10S2.C14H12O7S/c1-25-28(21,22)13-7-9(15(17)18)3-5-11(13)27-12-6-4-10(16(19)20)8-14(12)29(23,24)26-2;1-7-3-8(15(17)18)4-10-13(7)26-14-11(27(10,21)22)5-9(16(19)20)6-12(14)28(23,24)25-2;1-7-3-8(13(15)16)5-11-10(7)4-9(14(17)18)6-12(11)22(19,20)21-2/h3-8H,1-2H3,(H,17,18)(H,19,20);3-6H,1-2H3,(H,17,18)(H,19,20);3-6H,1-2H3,(H,15,16)(H,17,18). The third-order valence-corrected chi connectivity index (χ3v) is 17.8. The SMILES string of the molecule is COS(=O)(=O)c1cc(C(=O)O)cc2c(C)cc(C(=O)O)cc12.COS(=O)(=O)c1cc(C(=O)O)cc2c1Oc1c(C)cc(C(=O)O)cc1S2(=O)=O.COS(=O)(=O)c1cc(C(=O)O)ccc1Oc1ccc(C(=O)O)cc1S(=O)(=O)OC. The third kappa shape index (κ3) is 12.8. The normalized spacial score (nSPS) is 12.7. The van der Waals surface area contributed by atoms with Crippen LogP contribution in [0.25, 0.3) is 10.8 Å². The Hall–Kier alpha value is -8.41. The van der Waals surface area contributed by atoms with E-state index in [0.29, 0.717) is 10.9 Å². The molecule has 33 heteroatoms. The molecule has 6 aromatic carbocycles. The fourth-order valence-electron chi connectivity index (χ4n) is 6.98. The van der Waals surface area contributed by atoms with E-state index in [0.717, 1.165) is 95.2 Å². The lowest BCUT2D eigenvalue weighted by Crippen LogP contribution is -2.18. The van der Waals surface area contributed by atoms with Crippen LogP contribution in [-0.2, 0) is 67.0 Å². The minimum atomic E-state index is -4.53. The number of aryl methyl sites for hydroxylation is 2. The lowest BCUT2D eigenvalue weighted by molar-refractivity contribution is 0.0685. The Balaban J connectivity index is 0.000000220. The zero-order valence-corrected chi connectivity index (χ0v) is 44.9. The number of fused-ring (bicyclic) bond motifs is 3. The molecule has 0 aromatic heterocycles. The summed E-state index contributed by atoms with van der Waals surface area (Å²) in [5, 5.41) is 55.2. The average molecular weight is 1200 g/mol. The van der Waals surface area contributed by atoms with Crippen molar-refractivity contribution >= 4 is 96.9 Å². The molecule has 0 saturated carbocycles. The molecule has 7 rings (SSSR count). The smallest absolute Gasteiger partial charge is 0.335 e. The molecule has 0 fully saturated rings. The van der Waals surface area contributed by atoms with Crippen LogP contribution in [0.5, 0.6) is 23.0 Å². The molecular weight excluding hydrogens is 1160 g/mol. The van der Waals surface area contributed by atoms with Gasteiger partial charge in [0.1, 0.15) is 46.6 Å². The van der Waals surface area contributed by atoms with Crippen molar-refractivity contribution in [2.24, 2.45) is 0 Å². The molecule has 420 valence electrons. The molecule has 0 aliphatic carbocycles. The van der Waals surface area contributed by atoms with Crippen LogP contribution < -0.4 is 9.47 Å². The predicted octanol–water partition coefficient (Wildman–Crippen LogP) is 5.09. The van der Waals surface area contributed by atoms with Gasteiger partial charge in [0.15, 0.2) is 5.75 Å². The van der Waals surface area contributed by atoms with Crippen LogP contribution in [0.2, 0.25) is 0 Å². The largest absolute Gasteiger partial charge is 0.478 e. The number of carboxylic acid groups (broad SMARTS) is 6. The molecule has 6 aromatic rings. The van der Waals surface area contributed by atoms with Crippen molar-refractivity contribution in [3.63, 3.8) is 0 Å². The maximum absolute atomic E-state index is 13.1. The van der Waals surface area contributed by atoms with Crippen molar-refractivity contribution in [3.8, 4) is 23.0 Å². The predicted molar refractivity (Wildman–Crippen MR) is 263 cm³/mol. The Morgan fingerprint density at radius 3 is 1.13 bits per heavy atom. The highest BCUT2D eigenvalue weighted by molar-refractivity contribution is 7.92. The van der Waals surface area contributed by atoms with Crippen LogP contribution in [-0.4, -0.2) is 137 Å². The van der Waals surface area contributed by atoms with Crippen molar-refractivity contribution in [2.75, 3.05) is 28.4 Å². The molecule has 0 saturated heterocycles. The van der Waals surface area contributed by atoms with E-state index < -0.39 is 133 Å². The fraction of sp³-hybridized carbons (Fsp3) is 0.130. The Kier molecular flexibility index (Phi) is 17.8. The van der Waals surface area contributed by atoms with Crippen LogP contribution in [0.3, 0.4) is 0 Å². The molecule has 0 amide bonds. The van der Waals surface area contributed by atoms with Crippen molar-refractivity contribution in [3.05, 3.63) is 129 Å². The molecule has 28 nitrogen and oxygen atoms in total. The first-order valence-corrected chi connectivity index (χ1v) is 28.0. The number of aromatic carboxylic acids is 6. The number of carboxylic acids is 6. The maximum atomic E-state index is 13.1. The van der Waals surface area contributed by atoms with E-state index in [1.807, 2.05) is 0 Å². The first kappa shape index (κ1) is 61.4. The van der Waals surface area contributed by atoms with Crippen LogP contribution in [0, 0.1) is 13.8 Å². The van der Waals surface area contributed by atoms with E-state index in [4.69, 9.17) is 35.0 Å². The van der Waals surface area contributed by atoms with E-state index in [2.05, 4.69) is 16.7 Å². The van der Waals surface area contributed by atoms with E-state index in [-0.39, 0.29) is 49.4 Å². The van der Waals surface area contributed by atoms with E-state index >= 15 is 0 Å². The summed E-state index contributed by atoms with van der Waals surface area (Å²) in [7, 11) is -18.7. The summed E-state index contributed by atoms with van der Waals surface area (Å²) in [4.78, 5) is 63.4. The van der Waals surface area contributed by atoms with Gasteiger partial charge in [-0.05, 0) is 115 Å². The topological polar surface area (TPSA) is 450 Å². The Morgan fingerprint density at radius 2 is 0.709 bits per heavy atom. The second-order valence-corrected chi connectivity index (χ2v) is 24.2. The van der Waals surface area contributed by atoms with Crippen molar-refractivity contribution in [1.29, 1.82) is 0 Å². The molecule has 0 atom stereocenters. The van der Waals surface area contributed by atoms with E-state index in [9.17, 15) is 76.0 Å². The third-order valence-electron chi connectivity index (χ3n) is 10.8. The van der Waals surface area contributed by atoms with E-state index in [1.165, 1.54) is 25.1 Å². The number of hydrogen-bond acceptors (Lipinski definition) is 22. The molecular formula is C46H38O28S5. The van der Waals surface area contributed by atoms with Crippen LogP contribution in [0.1, 0.15) is 73.3 Å². The molecule has 6 N–H and O–H groups in total. The first-order valence-electron chi connectivity index (χ1n) is 20.9. The van der Waals surface area contributed by atoms with Gasteiger partial charge >= 0.3 is 45.9 Å². The summed E-state index contributed by atoms with van der Waals surface area (Å²) in [6.45, 7) is 2.96. The Labute approximate surface area is 446 Å². The summed E-state index contributed by atoms with van der Waals surface area (Å²) in [6.07, 6.45) is 0. The van der Waals surface area contributed by atoms with Crippen LogP contribution in [0.15, 0.2) is 114 Å². The quantitative estimate of drug-likeness (QED) is 0.0686. The number of carbonyl (C=O) groups is 6. The second-order valence-electron chi connectivity index (χ2n) is 15.6.